The molecule has 0 aliphatic carbocycles. The van der Waals surface area contributed by atoms with Gasteiger partial charge in [0.1, 0.15) is 17.4 Å². The number of nitrogens with zero attached hydrogens (tertiary/aromatic N) is 2. The van der Waals surface area contributed by atoms with Gasteiger partial charge in [-0.15, -0.1) is 0 Å². The summed E-state index contributed by atoms with van der Waals surface area (Å²) in [5, 5.41) is 9.26. The van der Waals surface area contributed by atoms with Gasteiger partial charge in [0.2, 0.25) is 5.06 Å². The van der Waals surface area contributed by atoms with Gasteiger partial charge >= 0.3 is 0 Å². The number of aromatic nitrogens is 1. The van der Waals surface area contributed by atoms with Gasteiger partial charge in [-0.3, -0.25) is 0 Å². The summed E-state index contributed by atoms with van der Waals surface area (Å²) in [6.07, 6.45) is 1.12. The molecule has 0 N–H and O–H groups in total. The van der Waals surface area contributed by atoms with E-state index in [-0.39, 0.29) is 20.7 Å². The molecule has 1 heterocycles. The zero-order valence-corrected chi connectivity index (χ0v) is 12.0. The molecule has 0 aliphatic heterocycles. The van der Waals surface area contributed by atoms with Crippen molar-refractivity contribution in [2.75, 3.05) is 6.26 Å². The van der Waals surface area contributed by atoms with E-state index in [1.54, 1.807) is 0 Å². The third-order valence-electron chi connectivity index (χ3n) is 2.19. The van der Waals surface area contributed by atoms with Gasteiger partial charge in [0, 0.05) is 17.8 Å². The average molecular weight is 315 g/mol. The Bertz CT molecular complexity index is 745. The smallest absolute Gasteiger partial charge is 0.219 e. The van der Waals surface area contributed by atoms with E-state index in [1.807, 2.05) is 6.07 Å². The van der Waals surface area contributed by atoms with Crippen molar-refractivity contribution in [3.63, 3.8) is 0 Å². The summed E-state index contributed by atoms with van der Waals surface area (Å²) >= 11 is 6.67. The SMILES string of the molecule is CS(=O)(=O)c1ccc(Oc2snc(Cl)c2C#N)cc1. The molecule has 0 fully saturated rings. The lowest BCUT2D eigenvalue weighted by Crippen LogP contribution is -1.96. The zero-order chi connectivity index (χ0) is 14.0. The molecule has 0 radical (unpaired) electrons. The van der Waals surface area contributed by atoms with Crippen LogP contribution in [0.1, 0.15) is 5.56 Å². The molecule has 2 aromatic rings. The second kappa shape index (κ2) is 5.17. The van der Waals surface area contributed by atoms with Crippen LogP contribution >= 0.6 is 23.1 Å². The first-order valence-corrected chi connectivity index (χ1v) is 7.99. The molecule has 19 heavy (non-hydrogen) atoms. The van der Waals surface area contributed by atoms with E-state index < -0.39 is 9.84 Å². The number of nitriles is 1. The standard InChI is InChI=1S/C11H7ClN2O3S2/c1-19(15,16)8-4-2-7(3-5-8)17-11-9(6-13)10(12)14-18-11/h2-5H,1H3. The van der Waals surface area contributed by atoms with Crippen LogP contribution in [0.2, 0.25) is 5.15 Å². The van der Waals surface area contributed by atoms with Crippen molar-refractivity contribution in [1.29, 1.82) is 5.26 Å². The Kier molecular flexibility index (Phi) is 3.75. The molecule has 0 saturated carbocycles. The molecule has 8 heteroatoms. The van der Waals surface area contributed by atoms with Gasteiger partial charge in [-0.25, -0.2) is 8.42 Å². The van der Waals surface area contributed by atoms with E-state index >= 15 is 0 Å². The maximum absolute atomic E-state index is 11.3. The number of halogens is 1. The van der Waals surface area contributed by atoms with E-state index in [4.69, 9.17) is 21.6 Å². The molecule has 0 atom stereocenters. The Morgan fingerprint density at radius 1 is 1.37 bits per heavy atom. The number of hydrogen-bond acceptors (Lipinski definition) is 6. The highest BCUT2D eigenvalue weighted by atomic mass is 35.5. The molecule has 5 nitrogen and oxygen atoms in total. The van der Waals surface area contributed by atoms with Crippen molar-refractivity contribution in [2.45, 2.75) is 4.90 Å². The number of ether oxygens (including phenoxy) is 1. The highest BCUT2D eigenvalue weighted by Crippen LogP contribution is 2.33. The Morgan fingerprint density at radius 2 is 2.00 bits per heavy atom. The fourth-order valence-electron chi connectivity index (χ4n) is 1.28. The van der Waals surface area contributed by atoms with Crippen molar-refractivity contribution in [1.82, 2.24) is 4.37 Å². The molecule has 1 aromatic carbocycles. The fraction of sp³-hybridized carbons (Fsp3) is 0.0909. The molecular formula is C11H7ClN2O3S2. The summed E-state index contributed by atoms with van der Waals surface area (Å²) in [5.41, 5.74) is 0.166. The van der Waals surface area contributed by atoms with Crippen LogP contribution in [0.3, 0.4) is 0 Å². The lowest BCUT2D eigenvalue weighted by molar-refractivity contribution is 0.494. The maximum Gasteiger partial charge on any atom is 0.219 e. The number of sulfone groups is 1. The normalized spacial score (nSPS) is 11.0. The highest BCUT2D eigenvalue weighted by molar-refractivity contribution is 7.90. The monoisotopic (exact) mass is 314 g/mol. The van der Waals surface area contributed by atoms with Crippen LogP contribution in [-0.2, 0) is 9.84 Å². The molecule has 0 unspecified atom stereocenters. The van der Waals surface area contributed by atoms with Crippen molar-refractivity contribution >= 4 is 33.0 Å². The Balaban J connectivity index is 2.28. The Hall–Kier alpha value is -1.62. The first kappa shape index (κ1) is 13.8. The molecule has 98 valence electrons. The third-order valence-corrected chi connectivity index (χ3v) is 4.42. The predicted octanol–water partition coefficient (Wildman–Crippen LogP) is 2.86. The molecule has 0 saturated heterocycles. The first-order chi connectivity index (χ1) is 8.91. The number of benzene rings is 1. The van der Waals surface area contributed by atoms with E-state index in [0.29, 0.717) is 5.75 Å². The third kappa shape index (κ3) is 3.04. The van der Waals surface area contributed by atoms with Gasteiger partial charge in [-0.1, -0.05) is 11.6 Å². The first-order valence-electron chi connectivity index (χ1n) is 4.95. The van der Waals surface area contributed by atoms with Crippen LogP contribution in [0.4, 0.5) is 0 Å². The number of hydrogen-bond donors (Lipinski definition) is 0. The lowest BCUT2D eigenvalue weighted by atomic mass is 10.3. The summed E-state index contributed by atoms with van der Waals surface area (Å²) in [4.78, 5) is 0.197. The van der Waals surface area contributed by atoms with Crippen LogP contribution in [0.5, 0.6) is 10.8 Å². The van der Waals surface area contributed by atoms with Crippen LogP contribution in [0.25, 0.3) is 0 Å². The minimum atomic E-state index is -3.24. The van der Waals surface area contributed by atoms with E-state index in [0.717, 1.165) is 17.8 Å². The highest BCUT2D eigenvalue weighted by Gasteiger charge is 2.14. The topological polar surface area (TPSA) is 80.1 Å². The Labute approximate surface area is 119 Å². The van der Waals surface area contributed by atoms with Crippen LogP contribution < -0.4 is 4.74 Å². The average Bonchev–Trinajstić information content (AvgIpc) is 2.69. The Morgan fingerprint density at radius 3 is 2.53 bits per heavy atom. The van der Waals surface area contributed by atoms with Crippen LogP contribution in [0, 0.1) is 11.3 Å². The summed E-state index contributed by atoms with van der Waals surface area (Å²) in [5.74, 6) is 0.407. The van der Waals surface area contributed by atoms with Gasteiger partial charge in [0.25, 0.3) is 0 Å². The van der Waals surface area contributed by atoms with E-state index in [1.165, 1.54) is 24.3 Å². The largest absolute Gasteiger partial charge is 0.444 e. The van der Waals surface area contributed by atoms with Crippen LogP contribution in [0.15, 0.2) is 29.2 Å². The molecule has 1 aromatic heterocycles. The van der Waals surface area contributed by atoms with Crippen molar-refractivity contribution in [3.05, 3.63) is 35.0 Å². The molecule has 0 aliphatic rings. The second-order valence-electron chi connectivity index (χ2n) is 3.59. The maximum atomic E-state index is 11.3. The van der Waals surface area contributed by atoms with Gasteiger partial charge < -0.3 is 4.74 Å². The quantitative estimate of drug-likeness (QED) is 0.870. The van der Waals surface area contributed by atoms with E-state index in [2.05, 4.69) is 4.37 Å². The molecule has 2 rings (SSSR count). The van der Waals surface area contributed by atoms with Gasteiger partial charge in [0.05, 0.1) is 4.90 Å². The lowest BCUT2D eigenvalue weighted by Gasteiger charge is -2.03. The summed E-state index contributed by atoms with van der Waals surface area (Å²) in [6.45, 7) is 0. The van der Waals surface area contributed by atoms with Crippen molar-refractivity contribution < 1.29 is 13.2 Å². The van der Waals surface area contributed by atoms with Gasteiger partial charge in [-0.2, -0.15) is 9.64 Å². The molecule has 0 bridgehead atoms. The zero-order valence-electron chi connectivity index (χ0n) is 9.62. The summed E-state index contributed by atoms with van der Waals surface area (Å²) < 4.78 is 31.8. The van der Waals surface area contributed by atoms with Crippen molar-refractivity contribution in [3.8, 4) is 16.9 Å². The van der Waals surface area contributed by atoms with Crippen LogP contribution in [-0.4, -0.2) is 19.0 Å². The fourth-order valence-corrected chi connectivity index (χ4v) is 2.82. The molecule has 0 spiro atoms. The van der Waals surface area contributed by atoms with E-state index in [9.17, 15) is 8.42 Å². The van der Waals surface area contributed by atoms with Gasteiger partial charge in [-0.05, 0) is 24.3 Å². The number of rotatable bonds is 3. The predicted molar refractivity (Wildman–Crippen MR) is 71.5 cm³/mol. The summed E-state index contributed by atoms with van der Waals surface area (Å²) in [6, 6.07) is 7.76. The van der Waals surface area contributed by atoms with Gasteiger partial charge in [0.15, 0.2) is 15.0 Å². The minimum absolute atomic E-state index is 0.0928. The van der Waals surface area contributed by atoms with Crippen molar-refractivity contribution in [2.24, 2.45) is 0 Å². The minimum Gasteiger partial charge on any atom is -0.444 e. The summed E-state index contributed by atoms with van der Waals surface area (Å²) in [7, 11) is -3.24. The molecular weight excluding hydrogens is 308 g/mol. The molecule has 0 amide bonds. The second-order valence-corrected chi connectivity index (χ2v) is 6.70.